The Labute approximate surface area is 500 Å². The Kier molecular flexibility index (Phi) is 13.5. The van der Waals surface area contributed by atoms with Crippen LogP contribution in [0.3, 0.4) is 0 Å². The maximum atomic E-state index is 7.40. The Morgan fingerprint density at radius 3 is 1.67 bits per heavy atom. The molecule has 0 aliphatic carbocycles. The molecular weight excluding hydrogens is 1040 g/mol. The van der Waals surface area contributed by atoms with Crippen LogP contribution in [0.2, 0.25) is 0 Å². The van der Waals surface area contributed by atoms with Gasteiger partial charge in [-0.25, -0.2) is 4.98 Å². The molecule has 9 aromatic carbocycles. The Morgan fingerprint density at radius 2 is 1.05 bits per heavy atom. The van der Waals surface area contributed by atoms with Gasteiger partial charge < -0.3 is 14.5 Å². The van der Waals surface area contributed by atoms with Crippen molar-refractivity contribution in [3.05, 3.63) is 228 Å². The van der Waals surface area contributed by atoms with Gasteiger partial charge in [-0.3, -0.25) is 4.57 Å². The molecular formula is C78H76N4OS. The third kappa shape index (κ3) is 9.72. The van der Waals surface area contributed by atoms with Gasteiger partial charge in [0.1, 0.15) is 24.0 Å². The molecule has 420 valence electrons. The van der Waals surface area contributed by atoms with Gasteiger partial charge in [-0.05, 0) is 139 Å². The molecule has 0 radical (unpaired) electrons. The van der Waals surface area contributed by atoms with Crippen molar-refractivity contribution in [2.24, 2.45) is 0 Å². The highest BCUT2D eigenvalue weighted by molar-refractivity contribution is 7.26. The van der Waals surface area contributed by atoms with Crippen molar-refractivity contribution in [3.8, 4) is 50.7 Å². The zero-order valence-electron chi connectivity index (χ0n) is 51.0. The van der Waals surface area contributed by atoms with Crippen molar-refractivity contribution in [3.63, 3.8) is 0 Å². The minimum absolute atomic E-state index is 0.0328. The van der Waals surface area contributed by atoms with Crippen molar-refractivity contribution in [2.75, 3.05) is 16.5 Å². The molecule has 0 spiro atoms. The molecule has 1 aliphatic rings. The molecule has 6 heteroatoms. The summed E-state index contributed by atoms with van der Waals surface area (Å²) in [6.07, 6.45) is 1.96. The average Bonchev–Trinajstić information content (AvgIpc) is 1.99. The predicted molar refractivity (Wildman–Crippen MR) is 361 cm³/mol. The number of nitrogens with zero attached hydrogens (tertiary/aromatic N) is 4. The molecule has 0 amide bonds. The van der Waals surface area contributed by atoms with Crippen LogP contribution in [0.5, 0.6) is 11.5 Å². The monoisotopic (exact) mass is 1120 g/mol. The molecule has 4 heterocycles. The molecule has 84 heavy (non-hydrogen) atoms. The number of hydrogen-bond donors (Lipinski definition) is 0. The standard InChI is InChI=1S/C78H76N4OS/c1-48(2)59-21-18-22-60(49(3)4)72(59)52-42-56(80-47-81(67-26-16-15-25-66(67)80)74-61(50-28-32-53(33-29-50)76(5,6)7)23-19-24-62(74)51-30-34-54(35-31-51)77(8,9)10)45-58(43-52)83-57-36-37-65-69(46-57)82(71-44-55(40-41-79-71)78(11,12)13)68-39-38-64-63-20-14-17-27-70(63)84-75(64)73(65)68/h14-46,48-49H,47H2,1-13H3. The first kappa shape index (κ1) is 54.8. The largest absolute Gasteiger partial charge is 0.457 e. The highest BCUT2D eigenvalue weighted by Gasteiger charge is 2.33. The maximum Gasteiger partial charge on any atom is 0.137 e. The lowest BCUT2D eigenvalue weighted by Gasteiger charge is -2.28. The van der Waals surface area contributed by atoms with Gasteiger partial charge in [0.05, 0.1) is 28.1 Å². The van der Waals surface area contributed by atoms with Gasteiger partial charge >= 0.3 is 0 Å². The number of pyridine rings is 1. The van der Waals surface area contributed by atoms with Crippen LogP contribution in [0.25, 0.3) is 81.2 Å². The van der Waals surface area contributed by atoms with E-state index in [-0.39, 0.29) is 16.2 Å². The first-order valence-corrected chi connectivity index (χ1v) is 30.8. The van der Waals surface area contributed by atoms with E-state index in [9.17, 15) is 0 Å². The minimum atomic E-state index is -0.0644. The van der Waals surface area contributed by atoms with Crippen LogP contribution in [0.1, 0.15) is 130 Å². The molecule has 0 saturated heterocycles. The van der Waals surface area contributed by atoms with E-state index in [1.54, 1.807) is 0 Å². The molecule has 0 saturated carbocycles. The highest BCUT2D eigenvalue weighted by Crippen LogP contribution is 2.52. The van der Waals surface area contributed by atoms with Crippen LogP contribution in [0, 0.1) is 0 Å². The average molecular weight is 1120 g/mol. The molecule has 0 fully saturated rings. The maximum absolute atomic E-state index is 7.40. The molecule has 0 unspecified atom stereocenters. The van der Waals surface area contributed by atoms with Gasteiger partial charge in [0.15, 0.2) is 0 Å². The van der Waals surface area contributed by atoms with Crippen molar-refractivity contribution in [1.82, 2.24) is 9.55 Å². The van der Waals surface area contributed by atoms with E-state index in [4.69, 9.17) is 9.72 Å². The van der Waals surface area contributed by atoms with E-state index < -0.39 is 0 Å². The summed E-state index contributed by atoms with van der Waals surface area (Å²) in [5, 5.41) is 4.97. The summed E-state index contributed by atoms with van der Waals surface area (Å²) in [5.74, 6) is 3.00. The quantitative estimate of drug-likeness (QED) is 0.137. The zero-order chi connectivity index (χ0) is 58.6. The van der Waals surface area contributed by atoms with E-state index in [2.05, 4.69) is 298 Å². The lowest BCUT2D eigenvalue weighted by molar-refractivity contribution is 0.483. The number of anilines is 4. The van der Waals surface area contributed by atoms with Crippen molar-refractivity contribution < 1.29 is 4.74 Å². The van der Waals surface area contributed by atoms with Gasteiger partial charge in [0.25, 0.3) is 0 Å². The van der Waals surface area contributed by atoms with Gasteiger partial charge in [0.2, 0.25) is 0 Å². The SMILES string of the molecule is CC(C)c1cccc(C(C)C)c1-c1cc(Oc2ccc3c4c5sc6ccccc6c5ccc4n(-c4cc(C(C)(C)C)ccn4)c3c2)cc(N2CN(c3c(-c4ccc(C(C)(C)C)cc4)cccc3-c3ccc(C(C)(C)C)cc3)c3ccccc32)c1. The minimum Gasteiger partial charge on any atom is -0.457 e. The summed E-state index contributed by atoms with van der Waals surface area (Å²) in [5.41, 5.74) is 20.4. The smallest absolute Gasteiger partial charge is 0.137 e. The number of aromatic nitrogens is 2. The topological polar surface area (TPSA) is 33.5 Å². The number of fused-ring (bicyclic) bond motifs is 8. The summed E-state index contributed by atoms with van der Waals surface area (Å²) >= 11 is 1.87. The summed E-state index contributed by atoms with van der Waals surface area (Å²) in [4.78, 5) is 10.2. The number of para-hydroxylation sites is 3. The van der Waals surface area contributed by atoms with Crippen LogP contribution in [0.4, 0.5) is 22.7 Å². The van der Waals surface area contributed by atoms with Crippen LogP contribution < -0.4 is 14.5 Å². The molecule has 12 aromatic rings. The van der Waals surface area contributed by atoms with E-state index in [0.29, 0.717) is 18.5 Å². The highest BCUT2D eigenvalue weighted by atomic mass is 32.1. The van der Waals surface area contributed by atoms with Gasteiger partial charge in [-0.2, -0.15) is 0 Å². The molecule has 13 rings (SSSR count). The van der Waals surface area contributed by atoms with Crippen LogP contribution in [-0.2, 0) is 16.2 Å². The summed E-state index contributed by atoms with van der Waals surface area (Å²) < 4.78 is 12.3. The fraction of sp³-hybridized carbons (Fsp3) is 0.244. The lowest BCUT2D eigenvalue weighted by atomic mass is 9.85. The second-order valence-corrected chi connectivity index (χ2v) is 27.9. The number of ether oxygens (including phenoxy) is 1. The Balaban J connectivity index is 0.997. The Bertz CT molecular complexity index is 4400. The summed E-state index contributed by atoms with van der Waals surface area (Å²) in [6, 6.07) is 72.6. The van der Waals surface area contributed by atoms with E-state index >= 15 is 0 Å². The summed E-state index contributed by atoms with van der Waals surface area (Å²) in [6.45, 7) is 30.4. The lowest BCUT2D eigenvalue weighted by Crippen LogP contribution is -2.25. The fourth-order valence-electron chi connectivity index (χ4n) is 12.8. The van der Waals surface area contributed by atoms with Gasteiger partial charge in [-0.15, -0.1) is 11.3 Å². The normalized spacial score (nSPS) is 13.2. The van der Waals surface area contributed by atoms with Crippen LogP contribution in [0.15, 0.2) is 200 Å². The third-order valence-electron chi connectivity index (χ3n) is 17.4. The van der Waals surface area contributed by atoms with E-state index in [0.717, 1.165) is 51.0 Å². The first-order chi connectivity index (χ1) is 40.2. The van der Waals surface area contributed by atoms with E-state index in [1.165, 1.54) is 92.3 Å². The molecule has 3 aromatic heterocycles. The molecule has 0 atom stereocenters. The van der Waals surface area contributed by atoms with Gasteiger partial charge in [0, 0.05) is 66.1 Å². The summed E-state index contributed by atoms with van der Waals surface area (Å²) in [7, 11) is 0. The van der Waals surface area contributed by atoms with Crippen molar-refractivity contribution >= 4 is 76.1 Å². The predicted octanol–water partition coefficient (Wildman–Crippen LogP) is 22.7. The first-order valence-electron chi connectivity index (χ1n) is 30.0. The Hall–Kier alpha value is -8.45. The second-order valence-electron chi connectivity index (χ2n) is 26.9. The third-order valence-corrected chi connectivity index (χ3v) is 18.6. The van der Waals surface area contributed by atoms with Crippen LogP contribution in [-0.4, -0.2) is 16.2 Å². The molecule has 5 nitrogen and oxygen atoms in total. The number of benzene rings is 9. The number of hydrogen-bond acceptors (Lipinski definition) is 5. The Morgan fingerprint density at radius 1 is 0.464 bits per heavy atom. The fourth-order valence-corrected chi connectivity index (χ4v) is 14.0. The van der Waals surface area contributed by atoms with Gasteiger partial charge in [-0.1, -0.05) is 211 Å². The van der Waals surface area contributed by atoms with Crippen molar-refractivity contribution in [2.45, 2.75) is 118 Å². The zero-order valence-corrected chi connectivity index (χ0v) is 51.8. The number of thiophene rings is 1. The van der Waals surface area contributed by atoms with Crippen molar-refractivity contribution in [1.29, 1.82) is 0 Å². The molecule has 1 aliphatic heterocycles. The number of rotatable bonds is 10. The molecule has 0 bridgehead atoms. The molecule has 0 N–H and O–H groups in total. The second kappa shape index (κ2) is 20.7. The van der Waals surface area contributed by atoms with E-state index in [1.807, 2.05) is 17.5 Å². The van der Waals surface area contributed by atoms with Crippen LogP contribution >= 0.6 is 11.3 Å².